The number of ether oxygens (including phenoxy) is 3. The summed E-state index contributed by atoms with van der Waals surface area (Å²) in [5.74, 6) is 2.67. The van der Waals surface area contributed by atoms with E-state index in [0.717, 1.165) is 41.4 Å². The Morgan fingerprint density at radius 1 is 0.614 bits per heavy atom. The summed E-state index contributed by atoms with van der Waals surface area (Å²) in [6.45, 7) is -0.342. The second-order valence-electron chi connectivity index (χ2n) is 11.5. The molecule has 0 radical (unpaired) electrons. The first-order valence-electron chi connectivity index (χ1n) is 16.2. The SMILES string of the molecule is CCCC1CCC(c2cccc(OC(F)F)c2)CC1.CCCCCCCCOc1ccc(-c2ccc(OC(F)F)cc2)cc1. The van der Waals surface area contributed by atoms with Gasteiger partial charge in [-0.1, -0.05) is 95.2 Å². The summed E-state index contributed by atoms with van der Waals surface area (Å²) in [5.41, 5.74) is 3.10. The van der Waals surface area contributed by atoms with E-state index in [1.165, 1.54) is 70.6 Å². The predicted molar refractivity (Wildman–Crippen MR) is 170 cm³/mol. The average Bonchev–Trinajstić information content (AvgIpc) is 3.02. The molecule has 0 saturated heterocycles. The van der Waals surface area contributed by atoms with E-state index in [4.69, 9.17) is 4.74 Å². The topological polar surface area (TPSA) is 27.7 Å². The molecular weight excluding hydrogens is 568 g/mol. The van der Waals surface area contributed by atoms with Gasteiger partial charge in [-0.2, -0.15) is 17.6 Å². The minimum atomic E-state index is -2.80. The van der Waals surface area contributed by atoms with Gasteiger partial charge in [-0.05, 0) is 97.0 Å². The maximum atomic E-state index is 12.2. The lowest BCUT2D eigenvalue weighted by Crippen LogP contribution is -2.13. The van der Waals surface area contributed by atoms with E-state index in [1.54, 1.807) is 36.4 Å². The Labute approximate surface area is 260 Å². The molecule has 1 aliphatic rings. The van der Waals surface area contributed by atoms with Gasteiger partial charge in [-0.3, -0.25) is 0 Å². The fraction of sp³-hybridized carbons (Fsp3) is 0.514. The molecule has 3 nitrogen and oxygen atoms in total. The molecule has 4 rings (SSSR count). The summed E-state index contributed by atoms with van der Waals surface area (Å²) in [7, 11) is 0. The normalized spacial score (nSPS) is 16.4. The molecule has 3 aromatic rings. The highest BCUT2D eigenvalue weighted by Gasteiger charge is 2.22. The van der Waals surface area contributed by atoms with Crippen LogP contribution in [0, 0.1) is 5.92 Å². The van der Waals surface area contributed by atoms with Gasteiger partial charge < -0.3 is 14.2 Å². The molecule has 0 aromatic heterocycles. The van der Waals surface area contributed by atoms with Crippen molar-refractivity contribution < 1.29 is 31.8 Å². The van der Waals surface area contributed by atoms with Gasteiger partial charge in [0.15, 0.2) is 0 Å². The summed E-state index contributed by atoms with van der Waals surface area (Å²) in [6, 6.07) is 21.7. The second-order valence-corrected chi connectivity index (χ2v) is 11.5. The van der Waals surface area contributed by atoms with Gasteiger partial charge in [0.2, 0.25) is 0 Å². The highest BCUT2D eigenvalue weighted by molar-refractivity contribution is 5.64. The number of rotatable bonds is 16. The Morgan fingerprint density at radius 2 is 1.18 bits per heavy atom. The minimum absolute atomic E-state index is 0.164. The van der Waals surface area contributed by atoms with E-state index in [1.807, 2.05) is 36.4 Å². The summed E-state index contributed by atoms with van der Waals surface area (Å²) in [4.78, 5) is 0. The van der Waals surface area contributed by atoms with Crippen LogP contribution in [0.3, 0.4) is 0 Å². The van der Waals surface area contributed by atoms with Gasteiger partial charge in [0, 0.05) is 0 Å². The van der Waals surface area contributed by atoms with Gasteiger partial charge in [0.05, 0.1) is 6.61 Å². The van der Waals surface area contributed by atoms with Crippen LogP contribution in [-0.4, -0.2) is 19.8 Å². The molecule has 0 amide bonds. The first-order chi connectivity index (χ1) is 21.4. The summed E-state index contributed by atoms with van der Waals surface area (Å²) in [5, 5.41) is 0. The van der Waals surface area contributed by atoms with E-state index < -0.39 is 13.2 Å². The number of halogens is 4. The zero-order valence-electron chi connectivity index (χ0n) is 26.2. The van der Waals surface area contributed by atoms with Gasteiger partial charge in [0.1, 0.15) is 17.2 Å². The Hall–Kier alpha value is -3.22. The van der Waals surface area contributed by atoms with Gasteiger partial charge >= 0.3 is 13.2 Å². The molecule has 242 valence electrons. The molecule has 0 heterocycles. The average molecular weight is 617 g/mol. The number of alkyl halides is 4. The van der Waals surface area contributed by atoms with Crippen LogP contribution >= 0.6 is 0 Å². The second kappa shape index (κ2) is 19.9. The molecule has 0 bridgehead atoms. The Bertz CT molecular complexity index is 1160. The third kappa shape index (κ3) is 13.2. The molecule has 7 heteroatoms. The number of hydrogen-bond donors (Lipinski definition) is 0. The van der Waals surface area contributed by atoms with Crippen LogP contribution in [0.5, 0.6) is 17.2 Å². The molecule has 0 unspecified atom stereocenters. The molecule has 0 aliphatic heterocycles. The molecule has 3 aromatic carbocycles. The van der Waals surface area contributed by atoms with Crippen molar-refractivity contribution in [3.63, 3.8) is 0 Å². The van der Waals surface area contributed by atoms with Crippen LogP contribution in [0.25, 0.3) is 11.1 Å². The molecule has 1 fully saturated rings. The van der Waals surface area contributed by atoms with Gasteiger partial charge in [-0.15, -0.1) is 0 Å². The lowest BCUT2D eigenvalue weighted by atomic mass is 9.77. The van der Waals surface area contributed by atoms with E-state index >= 15 is 0 Å². The van der Waals surface area contributed by atoms with Gasteiger partial charge in [0.25, 0.3) is 0 Å². The van der Waals surface area contributed by atoms with Crippen LogP contribution in [0.15, 0.2) is 72.8 Å². The highest BCUT2D eigenvalue weighted by atomic mass is 19.3. The van der Waals surface area contributed by atoms with E-state index in [0.29, 0.717) is 5.92 Å². The largest absolute Gasteiger partial charge is 0.494 e. The van der Waals surface area contributed by atoms with E-state index in [2.05, 4.69) is 23.3 Å². The lowest BCUT2D eigenvalue weighted by molar-refractivity contribution is -0.0505. The van der Waals surface area contributed by atoms with E-state index in [-0.39, 0.29) is 11.5 Å². The molecule has 0 spiro atoms. The molecule has 1 saturated carbocycles. The number of unbranched alkanes of at least 4 members (excludes halogenated alkanes) is 5. The smallest absolute Gasteiger partial charge is 0.387 e. The van der Waals surface area contributed by atoms with Crippen LogP contribution in [0.2, 0.25) is 0 Å². The zero-order valence-corrected chi connectivity index (χ0v) is 26.2. The fourth-order valence-corrected chi connectivity index (χ4v) is 5.78. The third-order valence-electron chi connectivity index (χ3n) is 8.13. The summed E-state index contributed by atoms with van der Waals surface area (Å²) in [6.07, 6.45) is 14.9. The molecular formula is C37H48F4O3. The predicted octanol–water partition coefficient (Wildman–Crippen LogP) is 12.1. The van der Waals surface area contributed by atoms with Crippen molar-refractivity contribution in [2.75, 3.05) is 6.61 Å². The van der Waals surface area contributed by atoms with Crippen molar-refractivity contribution in [3.8, 4) is 28.4 Å². The van der Waals surface area contributed by atoms with Crippen LogP contribution < -0.4 is 14.2 Å². The highest BCUT2D eigenvalue weighted by Crippen LogP contribution is 2.38. The summed E-state index contributed by atoms with van der Waals surface area (Å²) < 4.78 is 63.3. The maximum Gasteiger partial charge on any atom is 0.387 e. The Morgan fingerprint density at radius 3 is 1.77 bits per heavy atom. The first-order valence-corrected chi connectivity index (χ1v) is 16.2. The van der Waals surface area contributed by atoms with Crippen LogP contribution in [0.4, 0.5) is 17.6 Å². The van der Waals surface area contributed by atoms with Crippen LogP contribution in [-0.2, 0) is 0 Å². The molecule has 0 atom stereocenters. The van der Waals surface area contributed by atoms with Crippen molar-refractivity contribution >= 4 is 0 Å². The third-order valence-corrected chi connectivity index (χ3v) is 8.13. The van der Waals surface area contributed by atoms with Crippen molar-refractivity contribution in [2.45, 2.75) is 110 Å². The Balaban J connectivity index is 0.000000249. The lowest BCUT2D eigenvalue weighted by Gasteiger charge is -2.28. The van der Waals surface area contributed by atoms with Crippen molar-refractivity contribution in [1.82, 2.24) is 0 Å². The number of hydrogen-bond acceptors (Lipinski definition) is 3. The zero-order chi connectivity index (χ0) is 31.6. The van der Waals surface area contributed by atoms with Crippen molar-refractivity contribution in [3.05, 3.63) is 78.4 Å². The van der Waals surface area contributed by atoms with Crippen molar-refractivity contribution in [1.29, 1.82) is 0 Å². The van der Waals surface area contributed by atoms with Crippen molar-refractivity contribution in [2.24, 2.45) is 5.92 Å². The monoisotopic (exact) mass is 616 g/mol. The first kappa shape index (κ1) is 35.3. The van der Waals surface area contributed by atoms with Gasteiger partial charge in [-0.25, -0.2) is 0 Å². The quantitative estimate of drug-likeness (QED) is 0.118. The summed E-state index contributed by atoms with van der Waals surface area (Å²) >= 11 is 0. The van der Waals surface area contributed by atoms with E-state index in [9.17, 15) is 17.6 Å². The molecule has 0 N–H and O–H groups in total. The standard InChI is InChI=1S/C21H26F2O2.C16H22F2O/c1-2-3-4-5-6-7-16-24-19-12-8-17(9-13-19)18-10-14-20(15-11-18)25-21(22)23;1-2-4-12-7-9-13(10-8-12)14-5-3-6-15(11-14)19-16(17)18/h8-15,21H,2-7,16H2,1H3;3,5-6,11-13,16H,2,4,7-10H2,1H3. The fourth-order valence-electron chi connectivity index (χ4n) is 5.78. The van der Waals surface area contributed by atoms with Crippen LogP contribution in [0.1, 0.15) is 102 Å². The maximum absolute atomic E-state index is 12.2. The Kier molecular flexibility index (Phi) is 16.0. The molecule has 44 heavy (non-hydrogen) atoms. The minimum Gasteiger partial charge on any atom is -0.494 e. The molecule has 1 aliphatic carbocycles. The number of benzene rings is 3.